The second-order valence-corrected chi connectivity index (χ2v) is 8.90. The first-order chi connectivity index (χ1) is 19.0. The summed E-state index contributed by atoms with van der Waals surface area (Å²) in [5, 5.41) is 13.3. The number of hydrazone groups is 1. The van der Waals surface area contributed by atoms with Gasteiger partial charge in [0.25, 0.3) is 0 Å². The van der Waals surface area contributed by atoms with Crippen LogP contribution in [0.5, 0.6) is 0 Å². The van der Waals surface area contributed by atoms with Crippen LogP contribution in [0.25, 0.3) is 21.9 Å². The van der Waals surface area contributed by atoms with Gasteiger partial charge in [0.1, 0.15) is 12.2 Å². The maximum Gasteiger partial charge on any atom is 0.248 e. The maximum atomic E-state index is 11.7. The molecule has 7 N–H and O–H groups in total. The number of carbonyl (C=O) groups excluding carboxylic acids is 1. The highest BCUT2D eigenvalue weighted by molar-refractivity contribution is 6.07. The Morgan fingerprint density at radius 2 is 1.92 bits per heavy atom. The van der Waals surface area contributed by atoms with Crippen LogP contribution in [0.4, 0.5) is 5.82 Å². The zero-order chi connectivity index (χ0) is 27.5. The smallest absolute Gasteiger partial charge is 0.248 e. The molecule has 0 aliphatic carbocycles. The number of hydrogen-bond donors (Lipinski definition) is 5. The van der Waals surface area contributed by atoms with Crippen molar-refractivity contribution in [2.45, 2.75) is 39.0 Å². The van der Waals surface area contributed by atoms with E-state index in [-0.39, 0.29) is 5.96 Å². The largest absolute Gasteiger partial charge is 0.369 e. The molecular formula is C27H33N11O. The van der Waals surface area contributed by atoms with E-state index in [1.54, 1.807) is 24.4 Å². The minimum atomic E-state index is -0.527. The number of hydrogen-bond acceptors (Lipinski definition) is 6. The summed E-state index contributed by atoms with van der Waals surface area (Å²) in [6, 6.07) is 13.0. The first kappa shape index (κ1) is 27.2. The molecule has 2 aromatic carbocycles. The maximum absolute atomic E-state index is 11.7. The van der Waals surface area contributed by atoms with Gasteiger partial charge in [0.2, 0.25) is 11.9 Å². The number of aromatic nitrogens is 3. The number of nitrogens with two attached hydrogens (primary N) is 2. The first-order valence-electron chi connectivity index (χ1n) is 12.9. The predicted octanol–water partition coefficient (Wildman–Crippen LogP) is 4.32. The molecule has 39 heavy (non-hydrogen) atoms. The van der Waals surface area contributed by atoms with Crippen molar-refractivity contribution in [1.29, 1.82) is 0 Å². The standard InChI is InChI=1S/C27H33N11O/c1-2-3-6-14-31-27(29)38-32-16-20-19-15-18(25(28)39)11-12-21(19)36-26(20)37-33-17-30-13-7-10-24-34-22-8-4-5-9-23(22)35-24/h4-5,8-9,11-12,15-17,36H,2-3,6-7,10,13-14H2,1H3,(H2,28,39)(H,34,35)(H3,29,31,38). The molecule has 0 bridgehead atoms. The van der Waals surface area contributed by atoms with E-state index in [1.165, 1.54) is 6.34 Å². The van der Waals surface area contributed by atoms with Crippen molar-refractivity contribution in [2.24, 2.45) is 36.8 Å². The van der Waals surface area contributed by atoms with E-state index >= 15 is 0 Å². The molecule has 0 spiro atoms. The fourth-order valence-corrected chi connectivity index (χ4v) is 3.96. The number of benzene rings is 2. The van der Waals surface area contributed by atoms with E-state index in [0.717, 1.165) is 54.5 Å². The van der Waals surface area contributed by atoms with Gasteiger partial charge in [0.15, 0.2) is 5.82 Å². The summed E-state index contributed by atoms with van der Waals surface area (Å²) in [5.41, 5.74) is 17.8. The number of primary amides is 1. The Kier molecular flexibility index (Phi) is 9.48. The van der Waals surface area contributed by atoms with Gasteiger partial charge in [-0.05, 0) is 43.2 Å². The number of unbranched alkanes of at least 4 members (excludes halogenated alkanes) is 2. The number of H-pyrrole nitrogens is 2. The lowest BCUT2D eigenvalue weighted by atomic mass is 10.1. The van der Waals surface area contributed by atoms with E-state index in [9.17, 15) is 4.79 Å². The monoisotopic (exact) mass is 527 g/mol. The van der Waals surface area contributed by atoms with Crippen molar-refractivity contribution < 1.29 is 4.79 Å². The number of fused-ring (bicyclic) bond motifs is 2. The number of imidazole rings is 1. The summed E-state index contributed by atoms with van der Waals surface area (Å²) >= 11 is 0. The number of nitrogens with one attached hydrogen (secondary N) is 3. The number of azo groups is 1. The minimum absolute atomic E-state index is 0.220. The van der Waals surface area contributed by atoms with Gasteiger partial charge in [-0.25, -0.2) is 10.4 Å². The summed E-state index contributed by atoms with van der Waals surface area (Å²) in [5.74, 6) is 1.08. The Bertz CT molecular complexity index is 1490. The summed E-state index contributed by atoms with van der Waals surface area (Å²) in [4.78, 5) is 31.4. The van der Waals surface area contributed by atoms with Crippen LogP contribution in [-0.2, 0) is 6.42 Å². The molecule has 0 unspecified atom stereocenters. The van der Waals surface area contributed by atoms with Gasteiger partial charge in [0, 0.05) is 41.5 Å². The lowest BCUT2D eigenvalue weighted by Crippen LogP contribution is -2.27. The van der Waals surface area contributed by atoms with Gasteiger partial charge in [0.05, 0.1) is 17.2 Å². The number of aliphatic imine (C=N–C) groups is 2. The Hall–Kier alpha value is -4.87. The lowest BCUT2D eigenvalue weighted by Gasteiger charge is -2.00. The topological polar surface area (TPSA) is 187 Å². The first-order valence-corrected chi connectivity index (χ1v) is 12.9. The van der Waals surface area contributed by atoms with Gasteiger partial charge in [-0.1, -0.05) is 31.9 Å². The predicted molar refractivity (Wildman–Crippen MR) is 156 cm³/mol. The average molecular weight is 528 g/mol. The zero-order valence-corrected chi connectivity index (χ0v) is 21.9. The number of aryl methyl sites for hydroxylation is 1. The highest BCUT2D eigenvalue weighted by atomic mass is 16.1. The SMILES string of the molecule is CCCCCN=C(N)NN=Cc1c(N=NC=NCCCc2nc3ccccc3[nH]2)[nH]c2ccc(C(N)=O)cc12. The van der Waals surface area contributed by atoms with Crippen molar-refractivity contribution >= 4 is 52.2 Å². The van der Waals surface area contributed by atoms with Crippen molar-refractivity contribution in [3.63, 3.8) is 0 Å². The molecule has 12 nitrogen and oxygen atoms in total. The molecule has 1 amide bonds. The normalized spacial score (nSPS) is 12.6. The molecule has 2 heterocycles. The summed E-state index contributed by atoms with van der Waals surface area (Å²) in [7, 11) is 0. The Morgan fingerprint density at radius 1 is 1.05 bits per heavy atom. The molecular weight excluding hydrogens is 494 g/mol. The van der Waals surface area contributed by atoms with Gasteiger partial charge >= 0.3 is 0 Å². The van der Waals surface area contributed by atoms with E-state index in [0.29, 0.717) is 35.4 Å². The number of aromatic amines is 2. The van der Waals surface area contributed by atoms with E-state index < -0.39 is 5.91 Å². The van der Waals surface area contributed by atoms with Crippen LogP contribution in [0.2, 0.25) is 0 Å². The van der Waals surface area contributed by atoms with Gasteiger partial charge in [-0.3, -0.25) is 14.8 Å². The van der Waals surface area contributed by atoms with Crippen LogP contribution in [0.15, 0.2) is 67.8 Å². The molecule has 4 aromatic rings. The van der Waals surface area contributed by atoms with Crippen molar-refractivity contribution in [2.75, 3.05) is 13.1 Å². The number of para-hydroxylation sites is 2. The van der Waals surface area contributed by atoms with Gasteiger partial charge < -0.3 is 21.4 Å². The van der Waals surface area contributed by atoms with Gasteiger partial charge in [-0.2, -0.15) is 5.10 Å². The van der Waals surface area contributed by atoms with Crippen LogP contribution in [-0.4, -0.2) is 52.5 Å². The molecule has 0 radical (unpaired) electrons. The third-order valence-corrected chi connectivity index (χ3v) is 5.95. The number of carbonyl (C=O) groups is 1. The lowest BCUT2D eigenvalue weighted by molar-refractivity contribution is 0.100. The van der Waals surface area contributed by atoms with Crippen LogP contribution in [0.3, 0.4) is 0 Å². The Labute approximate surface area is 225 Å². The molecule has 2 aromatic heterocycles. The average Bonchev–Trinajstić information content (AvgIpc) is 3.51. The highest BCUT2D eigenvalue weighted by Crippen LogP contribution is 2.28. The second kappa shape index (κ2) is 13.6. The Morgan fingerprint density at radius 3 is 2.74 bits per heavy atom. The van der Waals surface area contributed by atoms with Gasteiger partial charge in [-0.15, -0.1) is 10.2 Å². The fourth-order valence-electron chi connectivity index (χ4n) is 3.96. The third-order valence-electron chi connectivity index (χ3n) is 5.95. The molecule has 12 heteroatoms. The highest BCUT2D eigenvalue weighted by Gasteiger charge is 2.12. The zero-order valence-electron chi connectivity index (χ0n) is 21.9. The van der Waals surface area contributed by atoms with Crippen LogP contribution < -0.4 is 16.9 Å². The summed E-state index contributed by atoms with van der Waals surface area (Å²) in [6.07, 6.45) is 7.74. The van der Waals surface area contributed by atoms with Crippen LogP contribution >= 0.6 is 0 Å². The number of nitrogens with zero attached hydrogens (tertiary/aromatic N) is 6. The molecule has 0 aliphatic rings. The van der Waals surface area contributed by atoms with Crippen LogP contribution in [0, 0.1) is 0 Å². The molecule has 0 aliphatic heterocycles. The van der Waals surface area contributed by atoms with Crippen molar-refractivity contribution in [1.82, 2.24) is 20.4 Å². The third kappa shape index (κ3) is 7.57. The molecule has 0 saturated carbocycles. The molecule has 4 rings (SSSR count). The van der Waals surface area contributed by atoms with E-state index in [1.807, 2.05) is 24.3 Å². The van der Waals surface area contributed by atoms with Crippen molar-refractivity contribution in [3.8, 4) is 0 Å². The second-order valence-electron chi connectivity index (χ2n) is 8.90. The molecule has 0 fully saturated rings. The number of rotatable bonds is 13. The molecule has 0 atom stereocenters. The number of guanidine groups is 1. The fraction of sp³-hybridized carbons (Fsp3) is 0.296. The Balaban J connectivity index is 1.41. The van der Waals surface area contributed by atoms with E-state index in [2.05, 4.69) is 52.6 Å². The minimum Gasteiger partial charge on any atom is -0.369 e. The van der Waals surface area contributed by atoms with E-state index in [4.69, 9.17) is 11.5 Å². The summed E-state index contributed by atoms with van der Waals surface area (Å²) in [6.45, 7) is 3.35. The molecule has 202 valence electrons. The number of amides is 1. The van der Waals surface area contributed by atoms with Crippen LogP contribution in [0.1, 0.15) is 54.4 Å². The quantitative estimate of drug-likeness (QED) is 0.0570. The van der Waals surface area contributed by atoms with Crippen molar-refractivity contribution in [3.05, 3.63) is 59.4 Å². The molecule has 0 saturated heterocycles. The summed E-state index contributed by atoms with van der Waals surface area (Å²) < 4.78 is 0.